The van der Waals surface area contributed by atoms with Crippen LogP contribution in [0, 0.1) is 0 Å². The van der Waals surface area contributed by atoms with Crippen LogP contribution in [0.3, 0.4) is 0 Å². The largest absolute Gasteiger partial charge is 0.368 e. The van der Waals surface area contributed by atoms with Gasteiger partial charge < -0.3 is 10.6 Å². The van der Waals surface area contributed by atoms with E-state index >= 15 is 0 Å². The predicted molar refractivity (Wildman–Crippen MR) is 74.2 cm³/mol. The summed E-state index contributed by atoms with van der Waals surface area (Å²) in [6.45, 7) is 0.0939. The van der Waals surface area contributed by atoms with E-state index in [2.05, 4.69) is 4.98 Å². The molecule has 2 N–H and O–H groups in total. The highest BCUT2D eigenvalue weighted by Crippen LogP contribution is 2.29. The predicted octanol–water partition coefficient (Wildman–Crippen LogP) is 2.46. The monoisotopic (exact) mass is 283 g/mol. The van der Waals surface area contributed by atoms with Crippen molar-refractivity contribution < 1.29 is 4.79 Å². The molecule has 94 valence electrons. The van der Waals surface area contributed by atoms with E-state index in [1.165, 1.54) is 0 Å². The Balaban J connectivity index is 2.50. The van der Waals surface area contributed by atoms with E-state index in [1.807, 2.05) is 6.07 Å². The van der Waals surface area contributed by atoms with Gasteiger partial charge in [-0.25, -0.2) is 4.98 Å². The molecule has 0 fully saturated rings. The van der Waals surface area contributed by atoms with Crippen LogP contribution in [0.4, 0.5) is 5.82 Å². The fourth-order valence-corrected chi connectivity index (χ4v) is 2.09. The van der Waals surface area contributed by atoms with Gasteiger partial charge in [-0.1, -0.05) is 23.2 Å². The number of aromatic nitrogens is 1. The molecule has 0 radical (unpaired) electrons. The van der Waals surface area contributed by atoms with Crippen LogP contribution < -0.4 is 10.6 Å². The highest BCUT2D eigenvalue weighted by Gasteiger charge is 2.09. The molecule has 0 aliphatic heterocycles. The fraction of sp³-hybridized carbons (Fsp3) is 0.167. The van der Waals surface area contributed by atoms with Crippen molar-refractivity contribution in [3.63, 3.8) is 0 Å². The van der Waals surface area contributed by atoms with Crippen LogP contribution in [-0.2, 0) is 4.79 Å². The normalized spacial score (nSPS) is 10.6. The molecule has 0 aliphatic carbocycles. The van der Waals surface area contributed by atoms with Crippen LogP contribution in [0.25, 0.3) is 10.9 Å². The summed E-state index contributed by atoms with van der Waals surface area (Å²) in [5.74, 6) is 0.196. The number of fused-ring (bicyclic) bond motifs is 1. The SMILES string of the molecule is CN(CC(N)=O)c1ccc2c(Cl)ccc(Cl)c2n1. The quantitative estimate of drug-likeness (QED) is 0.941. The minimum atomic E-state index is -0.420. The number of benzene rings is 1. The van der Waals surface area contributed by atoms with Crippen LogP contribution in [0.1, 0.15) is 0 Å². The van der Waals surface area contributed by atoms with Gasteiger partial charge >= 0.3 is 0 Å². The Labute approximate surface area is 114 Å². The zero-order valence-electron chi connectivity index (χ0n) is 9.65. The second-order valence-corrected chi connectivity index (χ2v) is 4.73. The number of carbonyl (C=O) groups excluding carboxylic acids is 1. The summed E-state index contributed by atoms with van der Waals surface area (Å²) in [5, 5.41) is 1.88. The topological polar surface area (TPSA) is 59.2 Å². The van der Waals surface area contributed by atoms with Gasteiger partial charge in [0.1, 0.15) is 5.82 Å². The van der Waals surface area contributed by atoms with Gasteiger partial charge in [0.2, 0.25) is 5.91 Å². The van der Waals surface area contributed by atoms with Crippen molar-refractivity contribution in [3.05, 3.63) is 34.3 Å². The average Bonchev–Trinajstić information content (AvgIpc) is 2.33. The third-order valence-corrected chi connectivity index (χ3v) is 3.16. The molecule has 0 saturated heterocycles. The summed E-state index contributed by atoms with van der Waals surface area (Å²) in [6.07, 6.45) is 0. The summed E-state index contributed by atoms with van der Waals surface area (Å²) in [5.41, 5.74) is 5.75. The van der Waals surface area contributed by atoms with Gasteiger partial charge in [-0.3, -0.25) is 4.79 Å². The standard InChI is InChI=1S/C12H11Cl2N3O/c1-17(6-10(15)18)11-5-2-7-8(13)3-4-9(14)12(7)16-11/h2-5H,6H2,1H3,(H2,15,18). The van der Waals surface area contributed by atoms with E-state index in [9.17, 15) is 4.79 Å². The van der Waals surface area contributed by atoms with E-state index in [-0.39, 0.29) is 6.54 Å². The van der Waals surface area contributed by atoms with E-state index in [0.29, 0.717) is 21.4 Å². The highest BCUT2D eigenvalue weighted by atomic mass is 35.5. The second-order valence-electron chi connectivity index (χ2n) is 3.92. The molecule has 1 amide bonds. The molecule has 1 aromatic carbocycles. The van der Waals surface area contributed by atoms with Crippen LogP contribution in [0.15, 0.2) is 24.3 Å². The van der Waals surface area contributed by atoms with E-state index in [1.54, 1.807) is 30.1 Å². The fourth-order valence-electron chi connectivity index (χ4n) is 1.67. The molecule has 2 aromatic rings. The molecule has 18 heavy (non-hydrogen) atoms. The maximum atomic E-state index is 10.9. The lowest BCUT2D eigenvalue weighted by molar-refractivity contribution is -0.116. The maximum Gasteiger partial charge on any atom is 0.236 e. The second kappa shape index (κ2) is 5.00. The van der Waals surface area contributed by atoms with Crippen molar-refractivity contribution in [3.8, 4) is 0 Å². The van der Waals surface area contributed by atoms with Crippen LogP contribution in [-0.4, -0.2) is 24.5 Å². The number of likely N-dealkylation sites (N-methyl/N-ethyl adjacent to an activating group) is 1. The number of pyridine rings is 1. The molecule has 0 spiro atoms. The first-order chi connectivity index (χ1) is 8.49. The van der Waals surface area contributed by atoms with Crippen molar-refractivity contribution in [1.82, 2.24) is 4.98 Å². The molecular formula is C12H11Cl2N3O. The van der Waals surface area contributed by atoms with Crippen molar-refractivity contribution in [2.75, 3.05) is 18.5 Å². The number of halogens is 2. The summed E-state index contributed by atoms with van der Waals surface area (Å²) in [4.78, 5) is 16.9. The Morgan fingerprint density at radius 2 is 1.94 bits per heavy atom. The number of hydrogen-bond donors (Lipinski definition) is 1. The molecule has 4 nitrogen and oxygen atoms in total. The number of amides is 1. The summed E-state index contributed by atoms with van der Waals surface area (Å²) in [7, 11) is 1.73. The van der Waals surface area contributed by atoms with Crippen LogP contribution in [0.5, 0.6) is 0 Å². The molecule has 2 rings (SSSR count). The molecule has 1 aromatic heterocycles. The average molecular weight is 284 g/mol. The Kier molecular flexibility index (Phi) is 3.59. The van der Waals surface area contributed by atoms with Crippen molar-refractivity contribution >= 4 is 45.8 Å². The molecule has 0 unspecified atom stereocenters. The van der Waals surface area contributed by atoms with Crippen LogP contribution in [0.2, 0.25) is 10.0 Å². The number of primary amides is 1. The smallest absolute Gasteiger partial charge is 0.236 e. The number of nitrogens with two attached hydrogens (primary N) is 1. The highest BCUT2D eigenvalue weighted by molar-refractivity contribution is 6.39. The molecule has 6 heteroatoms. The lowest BCUT2D eigenvalue weighted by atomic mass is 10.2. The molecule has 0 aliphatic rings. The van der Waals surface area contributed by atoms with Crippen molar-refractivity contribution in [2.45, 2.75) is 0 Å². The van der Waals surface area contributed by atoms with Crippen LogP contribution >= 0.6 is 23.2 Å². The van der Waals surface area contributed by atoms with Crippen molar-refractivity contribution in [2.24, 2.45) is 5.73 Å². The number of rotatable bonds is 3. The van der Waals surface area contributed by atoms with E-state index < -0.39 is 5.91 Å². The Morgan fingerprint density at radius 3 is 2.61 bits per heavy atom. The minimum absolute atomic E-state index is 0.0939. The lowest BCUT2D eigenvalue weighted by Gasteiger charge is -2.16. The first kappa shape index (κ1) is 12.9. The Morgan fingerprint density at radius 1 is 1.28 bits per heavy atom. The van der Waals surface area contributed by atoms with E-state index in [0.717, 1.165) is 5.39 Å². The summed E-state index contributed by atoms with van der Waals surface area (Å²) < 4.78 is 0. The maximum absolute atomic E-state index is 10.9. The number of hydrogen-bond acceptors (Lipinski definition) is 3. The number of anilines is 1. The van der Waals surface area contributed by atoms with Gasteiger partial charge in [0.05, 0.1) is 22.1 Å². The van der Waals surface area contributed by atoms with Gasteiger partial charge in [-0.2, -0.15) is 0 Å². The lowest BCUT2D eigenvalue weighted by Crippen LogP contribution is -2.30. The third-order valence-electron chi connectivity index (χ3n) is 2.52. The molecular weight excluding hydrogens is 273 g/mol. The van der Waals surface area contributed by atoms with E-state index in [4.69, 9.17) is 28.9 Å². The first-order valence-electron chi connectivity index (χ1n) is 5.23. The zero-order valence-corrected chi connectivity index (χ0v) is 11.2. The zero-order chi connectivity index (χ0) is 13.3. The van der Waals surface area contributed by atoms with Gasteiger partial charge in [0.25, 0.3) is 0 Å². The molecule has 0 saturated carbocycles. The third kappa shape index (κ3) is 2.49. The van der Waals surface area contributed by atoms with Gasteiger partial charge in [-0.15, -0.1) is 0 Å². The summed E-state index contributed by atoms with van der Waals surface area (Å²) in [6, 6.07) is 7.01. The van der Waals surface area contributed by atoms with Gasteiger partial charge in [0, 0.05) is 12.4 Å². The molecule has 1 heterocycles. The first-order valence-corrected chi connectivity index (χ1v) is 5.99. The van der Waals surface area contributed by atoms with Gasteiger partial charge in [-0.05, 0) is 24.3 Å². The number of carbonyl (C=O) groups is 1. The molecule has 0 atom stereocenters. The Hall–Kier alpha value is -1.52. The van der Waals surface area contributed by atoms with Crippen molar-refractivity contribution in [1.29, 1.82) is 0 Å². The summed E-state index contributed by atoms with van der Waals surface area (Å²) >= 11 is 12.1. The van der Waals surface area contributed by atoms with Gasteiger partial charge in [0.15, 0.2) is 0 Å². The Bertz CT molecular complexity index is 616. The molecule has 0 bridgehead atoms. The number of nitrogens with zero attached hydrogens (tertiary/aromatic N) is 2. The minimum Gasteiger partial charge on any atom is -0.368 e.